The Kier molecular flexibility index (Phi) is 23.8. The lowest BCUT2D eigenvalue weighted by Crippen LogP contribution is -2.33. The van der Waals surface area contributed by atoms with Gasteiger partial charge >= 0.3 is 12.4 Å². The molecule has 2 aromatic heterocycles. The number of ether oxygens (including phenoxy) is 6. The van der Waals surface area contributed by atoms with Gasteiger partial charge in [0.05, 0.1) is 72.4 Å². The first-order valence-corrected chi connectivity index (χ1v) is 38.3. The number of nitrogens with one attached hydrogen (secondary N) is 2. The van der Waals surface area contributed by atoms with Crippen LogP contribution in [0.1, 0.15) is 66.8 Å². The van der Waals surface area contributed by atoms with Gasteiger partial charge in [0, 0.05) is 44.8 Å². The number of fused-ring (bicyclic) bond motifs is 2. The standard InChI is InChI=1S/2C41H39F3N6O5S/c1-53-31-13-7-27(8-14-31)24-49(25-28-9-15-32(54-2)16-10-28)56(51,52)39-37(41(42,43)44)20-19-36(35-6-4-5-30-23-45-22-21-34(30)35)38(39)40-46-47-48-50(40)26-29-11-17-33(55-3)18-12-29;1-53-31-13-7-27(8-14-31)24-49(25-28-9-15-32(54-2)16-10-28)56(51,52)39-37(41(42,43)44)20-19-36(35-6-4-5-30-23-45-22-21-34(30)35)38(39)40-46-48-50(47-40)26-29-11-17-33(55-3)18-12-29/h2*4-20,45H,21-26H2,1-3H3. The second-order valence-corrected chi connectivity index (χ2v) is 30.2. The fourth-order valence-corrected chi connectivity index (χ4v) is 17.4. The Balaban J connectivity index is 0.000000196. The summed E-state index contributed by atoms with van der Waals surface area (Å²) in [5.41, 5.74) is 5.78. The molecule has 0 saturated heterocycles. The van der Waals surface area contributed by atoms with Crippen molar-refractivity contribution in [3.63, 3.8) is 0 Å². The quantitative estimate of drug-likeness (QED) is 0.0479. The van der Waals surface area contributed by atoms with Gasteiger partial charge in [-0.1, -0.05) is 121 Å². The summed E-state index contributed by atoms with van der Waals surface area (Å²) in [5.74, 6) is 3.00. The number of hydrogen-bond acceptors (Lipinski definition) is 18. The third-order valence-electron chi connectivity index (χ3n) is 19.5. The van der Waals surface area contributed by atoms with E-state index in [-0.39, 0.29) is 73.2 Å². The number of benzene rings is 10. The van der Waals surface area contributed by atoms with E-state index in [4.69, 9.17) is 28.4 Å². The zero-order valence-corrected chi connectivity index (χ0v) is 63.4. The summed E-state index contributed by atoms with van der Waals surface area (Å²) >= 11 is 0. The van der Waals surface area contributed by atoms with Crippen LogP contribution < -0.4 is 39.1 Å². The van der Waals surface area contributed by atoms with Gasteiger partial charge in [-0.25, -0.2) is 21.5 Å². The summed E-state index contributed by atoms with van der Waals surface area (Å²) in [6.45, 7) is 1.48. The van der Waals surface area contributed by atoms with Crippen molar-refractivity contribution in [3.05, 3.63) is 273 Å². The number of tetrazole rings is 2. The van der Waals surface area contributed by atoms with Crippen molar-refractivity contribution in [1.29, 1.82) is 0 Å². The largest absolute Gasteiger partial charge is 0.497 e. The fourth-order valence-electron chi connectivity index (χ4n) is 13.8. The summed E-state index contributed by atoms with van der Waals surface area (Å²) in [6.07, 6.45) is -9.02. The molecule has 0 atom stereocenters. The van der Waals surface area contributed by atoms with E-state index in [1.807, 2.05) is 24.3 Å². The Morgan fingerprint density at radius 3 is 1.12 bits per heavy atom. The molecule has 0 bridgehead atoms. The lowest BCUT2D eigenvalue weighted by molar-refractivity contribution is -0.140. The van der Waals surface area contributed by atoms with Gasteiger partial charge in [0.2, 0.25) is 25.9 Å². The highest BCUT2D eigenvalue weighted by atomic mass is 32.2. The number of hydrogen-bond donors (Lipinski definition) is 2. The van der Waals surface area contributed by atoms with Gasteiger partial charge in [-0.05, 0) is 204 Å². The molecule has 0 saturated carbocycles. The molecular formula is C82H78F6N12O10S2. The number of sulfonamides is 2. The van der Waals surface area contributed by atoms with Crippen LogP contribution in [0.2, 0.25) is 0 Å². The first-order chi connectivity index (χ1) is 54.0. The molecule has 2 N–H and O–H groups in total. The van der Waals surface area contributed by atoms with E-state index in [0.29, 0.717) is 112 Å². The zero-order valence-electron chi connectivity index (χ0n) is 61.8. The zero-order chi connectivity index (χ0) is 78.9. The van der Waals surface area contributed by atoms with Crippen LogP contribution in [-0.4, -0.2) is 122 Å². The maximum Gasteiger partial charge on any atom is 0.417 e. The van der Waals surface area contributed by atoms with E-state index in [9.17, 15) is 0 Å². The lowest BCUT2D eigenvalue weighted by atomic mass is 9.88. The van der Waals surface area contributed by atoms with Crippen LogP contribution in [-0.2, 0) is 97.6 Å². The van der Waals surface area contributed by atoms with Crippen LogP contribution in [0.15, 0.2) is 216 Å². The predicted molar refractivity (Wildman–Crippen MR) is 407 cm³/mol. The lowest BCUT2D eigenvalue weighted by Gasteiger charge is -2.28. The highest BCUT2D eigenvalue weighted by Crippen LogP contribution is 2.49. The van der Waals surface area contributed by atoms with E-state index in [1.54, 1.807) is 165 Å². The minimum atomic E-state index is -5.09. The van der Waals surface area contributed by atoms with Gasteiger partial charge in [0.15, 0.2) is 5.82 Å². The van der Waals surface area contributed by atoms with Gasteiger partial charge in [-0.3, -0.25) is 0 Å². The molecule has 0 amide bonds. The summed E-state index contributed by atoms with van der Waals surface area (Å²) in [6, 6.07) is 56.4. The molecule has 0 radical (unpaired) electrons. The van der Waals surface area contributed by atoms with Gasteiger partial charge in [0.1, 0.15) is 44.3 Å². The van der Waals surface area contributed by atoms with Crippen LogP contribution in [0, 0.1) is 0 Å². The number of aromatic nitrogens is 8. The third-order valence-corrected chi connectivity index (χ3v) is 23.2. The van der Waals surface area contributed by atoms with Gasteiger partial charge in [0.25, 0.3) is 0 Å². The molecule has 0 fully saturated rings. The van der Waals surface area contributed by atoms with Crippen molar-refractivity contribution in [1.82, 2.24) is 59.7 Å². The summed E-state index contributed by atoms with van der Waals surface area (Å²) < 4.78 is 189. The molecule has 0 aliphatic carbocycles. The molecule has 0 unspecified atom stereocenters. The highest BCUT2D eigenvalue weighted by Gasteiger charge is 2.46. The number of alkyl halides is 6. The Labute approximate surface area is 643 Å². The topological polar surface area (TPSA) is 241 Å². The minimum Gasteiger partial charge on any atom is -0.497 e. The van der Waals surface area contributed by atoms with Gasteiger partial charge in [-0.15, -0.1) is 15.3 Å². The van der Waals surface area contributed by atoms with Crippen LogP contribution in [0.5, 0.6) is 34.5 Å². The average molecular weight is 1570 g/mol. The van der Waals surface area contributed by atoms with Crippen LogP contribution in [0.4, 0.5) is 26.3 Å². The molecule has 580 valence electrons. The highest BCUT2D eigenvalue weighted by molar-refractivity contribution is 7.89. The van der Waals surface area contributed by atoms with Crippen LogP contribution >= 0.6 is 0 Å². The number of rotatable bonds is 26. The van der Waals surface area contributed by atoms with Crippen molar-refractivity contribution < 1.29 is 71.6 Å². The smallest absolute Gasteiger partial charge is 0.417 e. The van der Waals surface area contributed by atoms with E-state index in [0.717, 1.165) is 48.6 Å². The van der Waals surface area contributed by atoms with E-state index in [1.165, 1.54) is 57.2 Å². The van der Waals surface area contributed by atoms with Crippen LogP contribution in [0.25, 0.3) is 45.0 Å². The van der Waals surface area contributed by atoms with Crippen molar-refractivity contribution in [3.8, 4) is 79.5 Å². The molecule has 12 aromatic rings. The van der Waals surface area contributed by atoms with E-state index < -0.39 is 53.3 Å². The summed E-state index contributed by atoms with van der Waals surface area (Å²) in [5, 5.41) is 32.0. The molecule has 10 aromatic carbocycles. The first kappa shape index (κ1) is 78.6. The van der Waals surface area contributed by atoms with Gasteiger partial charge < -0.3 is 39.1 Å². The number of halogens is 6. The van der Waals surface area contributed by atoms with Crippen molar-refractivity contribution in [2.75, 3.05) is 55.7 Å². The Bertz CT molecular complexity index is 5430. The fraction of sp³-hybridized carbons (Fsp3) is 0.244. The van der Waals surface area contributed by atoms with Gasteiger partial charge in [-0.2, -0.15) is 39.7 Å². The molecule has 2 aliphatic heterocycles. The molecule has 4 heterocycles. The minimum absolute atomic E-state index is 0.0275. The average Bonchev–Trinajstić information content (AvgIpc) is 1.04. The number of nitrogens with zero attached hydrogens (tertiary/aromatic N) is 10. The van der Waals surface area contributed by atoms with E-state index >= 15 is 43.2 Å². The molecular weight excluding hydrogens is 1490 g/mol. The maximum atomic E-state index is 15.5. The molecule has 22 nitrogen and oxygen atoms in total. The first-order valence-electron chi connectivity index (χ1n) is 35.4. The molecule has 112 heavy (non-hydrogen) atoms. The van der Waals surface area contributed by atoms with Crippen molar-refractivity contribution in [2.24, 2.45) is 0 Å². The third kappa shape index (κ3) is 17.5. The van der Waals surface area contributed by atoms with Crippen LogP contribution in [0.3, 0.4) is 0 Å². The second-order valence-electron chi connectivity index (χ2n) is 26.4. The Hall–Kier alpha value is -11.5. The molecule has 0 spiro atoms. The molecule has 2 aliphatic rings. The Morgan fingerprint density at radius 1 is 0.402 bits per heavy atom. The number of methoxy groups -OCH3 is 6. The van der Waals surface area contributed by atoms with Crippen molar-refractivity contribution >= 4 is 20.0 Å². The Morgan fingerprint density at radius 2 is 0.750 bits per heavy atom. The predicted octanol–water partition coefficient (Wildman–Crippen LogP) is 14.3. The molecule has 14 rings (SSSR count). The SMILES string of the molecule is COc1ccc(CN(Cc2ccc(OC)cc2)S(=O)(=O)c2c(C(F)(F)F)ccc(-c3cccc4c3CCNC4)c2-c2nnn(Cc3ccc(OC)cc3)n2)cc1.COc1ccc(CN(Cc2ccc(OC)cc2)S(=O)(=O)c2c(C(F)(F)F)ccc(-c3cccc4c3CCNC4)c2-c2nnnn2Cc2ccc(OC)cc2)cc1. The normalized spacial score (nSPS) is 13.1. The second kappa shape index (κ2) is 34.0. The monoisotopic (exact) mass is 1570 g/mol. The maximum absolute atomic E-state index is 15.5. The molecule has 30 heteroatoms. The summed E-state index contributed by atoms with van der Waals surface area (Å²) in [7, 11) is -0.953. The van der Waals surface area contributed by atoms with Crippen molar-refractivity contribution in [2.45, 2.75) is 87.3 Å². The van der Waals surface area contributed by atoms with E-state index in [2.05, 4.69) is 41.6 Å². The summed E-state index contributed by atoms with van der Waals surface area (Å²) in [4.78, 5) is -0.670.